The standard InChI is InChI=1S/C12H11NO/c1-3-4-7-14-12-8-10(2)5-6-11(12)9-13/h1,5-6,8H,4,7H2,2H3. The average Bonchev–Trinajstić information content (AvgIpc) is 2.19. The molecule has 70 valence electrons. The Balaban J connectivity index is 2.80. The number of terminal acetylenes is 1. The van der Waals surface area contributed by atoms with E-state index in [2.05, 4.69) is 12.0 Å². The molecular formula is C12H11NO. The fraction of sp³-hybridized carbons (Fsp3) is 0.250. The van der Waals surface area contributed by atoms with Crippen LogP contribution in [0.5, 0.6) is 5.75 Å². The van der Waals surface area contributed by atoms with Crippen LogP contribution < -0.4 is 4.74 Å². The van der Waals surface area contributed by atoms with Crippen LogP contribution in [0.4, 0.5) is 0 Å². The maximum atomic E-state index is 8.80. The highest BCUT2D eigenvalue weighted by atomic mass is 16.5. The van der Waals surface area contributed by atoms with Crippen LogP contribution in [0, 0.1) is 30.6 Å². The number of rotatable bonds is 3. The Labute approximate surface area is 84.1 Å². The smallest absolute Gasteiger partial charge is 0.137 e. The van der Waals surface area contributed by atoms with E-state index in [0.29, 0.717) is 24.3 Å². The van der Waals surface area contributed by atoms with E-state index in [-0.39, 0.29) is 0 Å². The third-order valence-corrected chi connectivity index (χ3v) is 1.76. The van der Waals surface area contributed by atoms with Crippen molar-refractivity contribution in [1.29, 1.82) is 5.26 Å². The second kappa shape index (κ2) is 4.94. The lowest BCUT2D eigenvalue weighted by molar-refractivity contribution is 0.326. The van der Waals surface area contributed by atoms with Crippen molar-refractivity contribution >= 4 is 0 Å². The number of ether oxygens (including phenoxy) is 1. The first-order chi connectivity index (χ1) is 6.77. The van der Waals surface area contributed by atoms with E-state index in [1.165, 1.54) is 0 Å². The van der Waals surface area contributed by atoms with Crippen LogP contribution in [0.2, 0.25) is 0 Å². The molecule has 1 aromatic rings. The fourth-order valence-electron chi connectivity index (χ4n) is 1.06. The lowest BCUT2D eigenvalue weighted by Gasteiger charge is -2.06. The zero-order valence-corrected chi connectivity index (χ0v) is 8.08. The molecule has 0 fully saturated rings. The molecule has 2 nitrogen and oxygen atoms in total. The minimum Gasteiger partial charge on any atom is -0.491 e. The van der Waals surface area contributed by atoms with Gasteiger partial charge in [0.25, 0.3) is 0 Å². The number of aryl methyl sites for hydroxylation is 1. The molecule has 0 N–H and O–H groups in total. The maximum absolute atomic E-state index is 8.80. The van der Waals surface area contributed by atoms with Crippen LogP contribution in [-0.4, -0.2) is 6.61 Å². The number of benzene rings is 1. The Morgan fingerprint density at radius 1 is 1.50 bits per heavy atom. The van der Waals surface area contributed by atoms with E-state index in [4.69, 9.17) is 16.4 Å². The average molecular weight is 185 g/mol. The molecule has 1 aromatic carbocycles. The van der Waals surface area contributed by atoms with Gasteiger partial charge in [-0.3, -0.25) is 0 Å². The van der Waals surface area contributed by atoms with Gasteiger partial charge < -0.3 is 4.74 Å². The van der Waals surface area contributed by atoms with Gasteiger partial charge in [0.05, 0.1) is 12.2 Å². The minimum absolute atomic E-state index is 0.453. The lowest BCUT2D eigenvalue weighted by Crippen LogP contribution is -1.98. The van der Waals surface area contributed by atoms with E-state index >= 15 is 0 Å². The van der Waals surface area contributed by atoms with Crippen molar-refractivity contribution in [1.82, 2.24) is 0 Å². The van der Waals surface area contributed by atoms with Crippen molar-refractivity contribution in [3.05, 3.63) is 29.3 Å². The summed E-state index contributed by atoms with van der Waals surface area (Å²) in [6.07, 6.45) is 5.65. The molecule has 0 unspecified atom stereocenters. The Morgan fingerprint density at radius 2 is 2.29 bits per heavy atom. The zero-order valence-electron chi connectivity index (χ0n) is 8.08. The van der Waals surface area contributed by atoms with Crippen LogP contribution in [0.3, 0.4) is 0 Å². The van der Waals surface area contributed by atoms with Crippen molar-refractivity contribution in [3.8, 4) is 24.2 Å². The monoisotopic (exact) mass is 185 g/mol. The molecule has 0 heterocycles. The van der Waals surface area contributed by atoms with Crippen molar-refractivity contribution in [2.75, 3.05) is 6.61 Å². The Kier molecular flexibility index (Phi) is 3.58. The van der Waals surface area contributed by atoms with Gasteiger partial charge in [-0.1, -0.05) is 6.07 Å². The summed E-state index contributed by atoms with van der Waals surface area (Å²) in [7, 11) is 0. The van der Waals surface area contributed by atoms with E-state index < -0.39 is 0 Å². The summed E-state index contributed by atoms with van der Waals surface area (Å²) in [5.74, 6) is 3.10. The van der Waals surface area contributed by atoms with Crippen LogP contribution in [0.15, 0.2) is 18.2 Å². The molecule has 0 spiro atoms. The van der Waals surface area contributed by atoms with Gasteiger partial charge in [-0.05, 0) is 24.6 Å². The molecule has 0 saturated heterocycles. The highest BCUT2D eigenvalue weighted by molar-refractivity contribution is 5.44. The second-order valence-electron chi connectivity index (χ2n) is 2.91. The molecular weight excluding hydrogens is 174 g/mol. The van der Waals surface area contributed by atoms with Crippen molar-refractivity contribution < 1.29 is 4.74 Å². The van der Waals surface area contributed by atoms with Crippen molar-refractivity contribution in [2.24, 2.45) is 0 Å². The summed E-state index contributed by atoms with van der Waals surface area (Å²) >= 11 is 0. The van der Waals surface area contributed by atoms with Crippen LogP contribution in [-0.2, 0) is 0 Å². The van der Waals surface area contributed by atoms with Gasteiger partial charge >= 0.3 is 0 Å². The van der Waals surface area contributed by atoms with Gasteiger partial charge in [-0.15, -0.1) is 12.3 Å². The van der Waals surface area contributed by atoms with Gasteiger partial charge in [0.2, 0.25) is 0 Å². The molecule has 0 aliphatic rings. The highest BCUT2D eigenvalue weighted by Crippen LogP contribution is 2.19. The summed E-state index contributed by atoms with van der Waals surface area (Å²) in [4.78, 5) is 0. The van der Waals surface area contributed by atoms with Gasteiger partial charge in [0.15, 0.2) is 0 Å². The third-order valence-electron chi connectivity index (χ3n) is 1.76. The Morgan fingerprint density at radius 3 is 2.93 bits per heavy atom. The summed E-state index contributed by atoms with van der Waals surface area (Å²) < 4.78 is 5.38. The van der Waals surface area contributed by atoms with E-state index in [1.807, 2.05) is 19.1 Å². The topological polar surface area (TPSA) is 33.0 Å². The molecule has 0 bridgehead atoms. The highest BCUT2D eigenvalue weighted by Gasteiger charge is 2.02. The van der Waals surface area contributed by atoms with E-state index in [0.717, 1.165) is 5.56 Å². The number of nitriles is 1. The minimum atomic E-state index is 0.453. The molecule has 0 aromatic heterocycles. The largest absolute Gasteiger partial charge is 0.491 e. The van der Waals surface area contributed by atoms with E-state index in [9.17, 15) is 0 Å². The van der Waals surface area contributed by atoms with Crippen molar-refractivity contribution in [2.45, 2.75) is 13.3 Å². The molecule has 1 rings (SSSR count). The van der Waals surface area contributed by atoms with E-state index in [1.54, 1.807) is 6.07 Å². The Hall–Kier alpha value is -1.93. The number of hydrogen-bond acceptors (Lipinski definition) is 2. The predicted octanol–water partition coefficient (Wildman–Crippen LogP) is 2.27. The van der Waals surface area contributed by atoms with Gasteiger partial charge in [0.1, 0.15) is 11.8 Å². The maximum Gasteiger partial charge on any atom is 0.137 e. The quantitative estimate of drug-likeness (QED) is 0.534. The lowest BCUT2D eigenvalue weighted by atomic mass is 10.1. The summed E-state index contributed by atoms with van der Waals surface area (Å²) in [6, 6.07) is 7.55. The molecule has 2 heteroatoms. The SMILES string of the molecule is C#CCCOc1cc(C)ccc1C#N. The fourth-order valence-corrected chi connectivity index (χ4v) is 1.06. The van der Waals surface area contributed by atoms with Gasteiger partial charge in [-0.2, -0.15) is 5.26 Å². The summed E-state index contributed by atoms with van der Waals surface area (Å²) in [5, 5.41) is 8.80. The molecule has 0 aliphatic carbocycles. The zero-order chi connectivity index (χ0) is 10.4. The summed E-state index contributed by atoms with van der Waals surface area (Å²) in [6.45, 7) is 2.41. The number of hydrogen-bond donors (Lipinski definition) is 0. The van der Waals surface area contributed by atoms with Gasteiger partial charge in [0, 0.05) is 6.42 Å². The molecule has 0 radical (unpaired) electrons. The summed E-state index contributed by atoms with van der Waals surface area (Å²) in [5.41, 5.74) is 1.62. The Bertz CT molecular complexity index is 396. The van der Waals surface area contributed by atoms with Crippen molar-refractivity contribution in [3.63, 3.8) is 0 Å². The molecule has 0 amide bonds. The first-order valence-corrected chi connectivity index (χ1v) is 4.35. The predicted molar refractivity (Wildman–Crippen MR) is 54.8 cm³/mol. The molecule has 0 atom stereocenters. The molecule has 0 aliphatic heterocycles. The second-order valence-corrected chi connectivity index (χ2v) is 2.91. The first kappa shape index (κ1) is 10.2. The molecule has 0 saturated carbocycles. The van der Waals surface area contributed by atoms with Crippen LogP contribution in [0.25, 0.3) is 0 Å². The van der Waals surface area contributed by atoms with Gasteiger partial charge in [-0.25, -0.2) is 0 Å². The van der Waals surface area contributed by atoms with Crippen LogP contribution >= 0.6 is 0 Å². The first-order valence-electron chi connectivity index (χ1n) is 4.35. The third kappa shape index (κ3) is 2.54. The normalized spacial score (nSPS) is 8.79. The number of nitrogens with zero attached hydrogens (tertiary/aromatic N) is 1. The molecule has 14 heavy (non-hydrogen) atoms. The van der Waals surface area contributed by atoms with Crippen LogP contribution in [0.1, 0.15) is 17.5 Å².